The summed E-state index contributed by atoms with van der Waals surface area (Å²) in [5.41, 5.74) is 2.08. The summed E-state index contributed by atoms with van der Waals surface area (Å²) < 4.78 is 0. The van der Waals surface area contributed by atoms with Crippen molar-refractivity contribution < 1.29 is 4.79 Å². The molecule has 0 radical (unpaired) electrons. The van der Waals surface area contributed by atoms with E-state index in [0.29, 0.717) is 6.04 Å². The number of fused-ring (bicyclic) bond motifs is 1. The highest BCUT2D eigenvalue weighted by atomic mass is 16.2. The maximum absolute atomic E-state index is 12.6. The van der Waals surface area contributed by atoms with Crippen molar-refractivity contribution in [1.82, 2.24) is 4.90 Å². The highest BCUT2D eigenvalue weighted by Crippen LogP contribution is 2.24. The van der Waals surface area contributed by atoms with Gasteiger partial charge >= 0.3 is 6.03 Å². The molecule has 0 aliphatic carbocycles. The minimum Gasteiger partial charge on any atom is -0.365 e. The highest BCUT2D eigenvalue weighted by molar-refractivity contribution is 5.94. The van der Waals surface area contributed by atoms with E-state index in [2.05, 4.69) is 53.5 Å². The minimum absolute atomic E-state index is 0.0222. The minimum atomic E-state index is -0.0222. The van der Waals surface area contributed by atoms with Crippen molar-refractivity contribution in [3.05, 3.63) is 72.8 Å². The second kappa shape index (κ2) is 7.70. The molecular weight excluding hydrogens is 334 g/mol. The molecule has 1 N–H and O–H groups in total. The average molecular weight is 359 g/mol. The lowest BCUT2D eigenvalue weighted by Crippen LogP contribution is -2.62. The average Bonchev–Trinajstić information content (AvgIpc) is 2.67. The van der Waals surface area contributed by atoms with E-state index < -0.39 is 0 Å². The Balaban J connectivity index is 1.38. The number of carbonyl (C=O) groups excluding carboxylic acids is 1. The fraction of sp³-hybridized carbons (Fsp3) is 0.261. The first-order chi connectivity index (χ1) is 13.2. The van der Waals surface area contributed by atoms with Gasteiger partial charge in [0.1, 0.15) is 0 Å². The topological polar surface area (TPSA) is 35.6 Å². The van der Waals surface area contributed by atoms with Gasteiger partial charge in [0.2, 0.25) is 0 Å². The third-order valence-electron chi connectivity index (χ3n) is 5.14. The van der Waals surface area contributed by atoms with E-state index >= 15 is 0 Å². The number of rotatable bonds is 5. The summed E-state index contributed by atoms with van der Waals surface area (Å²) in [6.45, 7) is 4.72. The Morgan fingerprint density at radius 1 is 1.00 bits per heavy atom. The molecule has 1 fully saturated rings. The summed E-state index contributed by atoms with van der Waals surface area (Å²) in [7, 11) is 0. The monoisotopic (exact) mass is 359 g/mol. The summed E-state index contributed by atoms with van der Waals surface area (Å²) in [5, 5.41) is 5.35. The van der Waals surface area contributed by atoms with Crippen molar-refractivity contribution in [2.24, 2.45) is 0 Å². The molecule has 1 saturated heterocycles. The predicted molar refractivity (Wildman–Crippen MR) is 112 cm³/mol. The molecule has 0 aromatic heterocycles. The number of nitrogens with zero attached hydrogens (tertiary/aromatic N) is 2. The lowest BCUT2D eigenvalue weighted by atomic mass is 10.1. The van der Waals surface area contributed by atoms with Gasteiger partial charge < -0.3 is 15.1 Å². The first kappa shape index (κ1) is 17.4. The van der Waals surface area contributed by atoms with Crippen LogP contribution in [0.4, 0.5) is 16.2 Å². The zero-order valence-corrected chi connectivity index (χ0v) is 15.6. The van der Waals surface area contributed by atoms with E-state index in [1.807, 2.05) is 41.3 Å². The SMILES string of the molecule is CCCN(c1ccccc1)C1CN(C(=O)Nc2ccc3ccccc3c2)C1. The number of hydrogen-bond acceptors (Lipinski definition) is 2. The molecule has 1 aliphatic heterocycles. The van der Waals surface area contributed by atoms with Crippen LogP contribution in [0.15, 0.2) is 72.8 Å². The highest BCUT2D eigenvalue weighted by Gasteiger charge is 2.34. The molecule has 138 valence electrons. The number of amides is 2. The number of urea groups is 1. The molecule has 1 aliphatic rings. The second-order valence-corrected chi connectivity index (χ2v) is 7.08. The Hall–Kier alpha value is -3.01. The van der Waals surface area contributed by atoms with Crippen molar-refractivity contribution in [2.75, 3.05) is 29.9 Å². The van der Waals surface area contributed by atoms with Crippen LogP contribution >= 0.6 is 0 Å². The number of anilines is 2. The Morgan fingerprint density at radius 3 is 2.44 bits per heavy atom. The quantitative estimate of drug-likeness (QED) is 0.698. The number of carbonyl (C=O) groups is 1. The number of para-hydroxylation sites is 1. The van der Waals surface area contributed by atoms with Gasteiger partial charge in [0, 0.05) is 31.0 Å². The van der Waals surface area contributed by atoms with Crippen molar-refractivity contribution in [3.63, 3.8) is 0 Å². The molecule has 0 bridgehead atoms. The first-order valence-corrected chi connectivity index (χ1v) is 9.61. The maximum Gasteiger partial charge on any atom is 0.321 e. The van der Waals surface area contributed by atoms with E-state index in [1.54, 1.807) is 0 Å². The van der Waals surface area contributed by atoms with E-state index in [1.165, 1.54) is 11.1 Å². The van der Waals surface area contributed by atoms with Crippen LogP contribution in [0.25, 0.3) is 10.8 Å². The number of benzene rings is 3. The van der Waals surface area contributed by atoms with Gasteiger partial charge in [-0.25, -0.2) is 4.79 Å². The zero-order chi connectivity index (χ0) is 18.6. The third kappa shape index (κ3) is 3.75. The Morgan fingerprint density at radius 2 is 1.70 bits per heavy atom. The van der Waals surface area contributed by atoms with Crippen molar-refractivity contribution in [1.29, 1.82) is 0 Å². The Labute approximate surface area is 160 Å². The van der Waals surface area contributed by atoms with Crippen LogP contribution in [0.5, 0.6) is 0 Å². The number of nitrogens with one attached hydrogen (secondary N) is 1. The fourth-order valence-electron chi connectivity index (χ4n) is 3.67. The van der Waals surface area contributed by atoms with Gasteiger partial charge in [0.25, 0.3) is 0 Å². The summed E-state index contributed by atoms with van der Waals surface area (Å²) in [6, 6.07) is 25.0. The van der Waals surface area contributed by atoms with Gasteiger partial charge in [-0.05, 0) is 41.5 Å². The van der Waals surface area contributed by atoms with Gasteiger partial charge in [-0.3, -0.25) is 0 Å². The molecule has 27 heavy (non-hydrogen) atoms. The summed E-state index contributed by atoms with van der Waals surface area (Å²) in [5.74, 6) is 0. The van der Waals surface area contributed by atoms with Gasteiger partial charge in [-0.1, -0.05) is 55.5 Å². The molecule has 0 unspecified atom stereocenters. The van der Waals surface area contributed by atoms with Crippen LogP contribution in [0.3, 0.4) is 0 Å². The molecule has 4 rings (SSSR count). The van der Waals surface area contributed by atoms with Crippen LogP contribution in [0.2, 0.25) is 0 Å². The molecule has 0 spiro atoms. The van der Waals surface area contributed by atoms with Gasteiger partial charge in [0.05, 0.1) is 6.04 Å². The predicted octanol–water partition coefficient (Wildman–Crippen LogP) is 4.97. The standard InChI is InChI=1S/C23H25N3O/c1-2-14-26(21-10-4-3-5-11-21)22-16-25(17-22)23(27)24-20-13-12-18-8-6-7-9-19(18)15-20/h3-13,15,22H,2,14,16-17H2,1H3,(H,24,27). The normalized spacial score (nSPS) is 14.0. The van der Waals surface area contributed by atoms with Crippen LogP contribution in [0.1, 0.15) is 13.3 Å². The van der Waals surface area contributed by atoms with E-state index in [9.17, 15) is 4.79 Å². The molecule has 2 amide bonds. The second-order valence-electron chi connectivity index (χ2n) is 7.08. The molecule has 3 aromatic rings. The number of likely N-dealkylation sites (tertiary alicyclic amines) is 1. The third-order valence-corrected chi connectivity index (χ3v) is 5.14. The van der Waals surface area contributed by atoms with E-state index in [-0.39, 0.29) is 6.03 Å². The smallest absolute Gasteiger partial charge is 0.321 e. The molecule has 0 atom stereocenters. The van der Waals surface area contributed by atoms with Crippen molar-refractivity contribution >= 4 is 28.2 Å². The molecule has 3 aromatic carbocycles. The summed E-state index contributed by atoms with van der Waals surface area (Å²) >= 11 is 0. The van der Waals surface area contributed by atoms with Crippen LogP contribution in [-0.2, 0) is 0 Å². The fourth-order valence-corrected chi connectivity index (χ4v) is 3.67. The lowest BCUT2D eigenvalue weighted by Gasteiger charge is -2.46. The van der Waals surface area contributed by atoms with Gasteiger partial charge in [0.15, 0.2) is 0 Å². The summed E-state index contributed by atoms with van der Waals surface area (Å²) in [6.07, 6.45) is 1.09. The summed E-state index contributed by atoms with van der Waals surface area (Å²) in [4.78, 5) is 16.9. The Kier molecular flexibility index (Phi) is 4.97. The van der Waals surface area contributed by atoms with Crippen molar-refractivity contribution in [2.45, 2.75) is 19.4 Å². The van der Waals surface area contributed by atoms with Crippen LogP contribution in [-0.4, -0.2) is 36.6 Å². The lowest BCUT2D eigenvalue weighted by molar-refractivity contribution is 0.161. The van der Waals surface area contributed by atoms with Crippen molar-refractivity contribution in [3.8, 4) is 0 Å². The molecule has 1 heterocycles. The molecule has 4 heteroatoms. The van der Waals surface area contributed by atoms with Gasteiger partial charge in [-0.15, -0.1) is 0 Å². The van der Waals surface area contributed by atoms with Crippen LogP contribution in [0, 0.1) is 0 Å². The first-order valence-electron chi connectivity index (χ1n) is 9.61. The largest absolute Gasteiger partial charge is 0.365 e. The number of hydrogen-bond donors (Lipinski definition) is 1. The van der Waals surface area contributed by atoms with Gasteiger partial charge in [-0.2, -0.15) is 0 Å². The zero-order valence-electron chi connectivity index (χ0n) is 15.6. The maximum atomic E-state index is 12.6. The van der Waals surface area contributed by atoms with E-state index in [4.69, 9.17) is 0 Å². The van der Waals surface area contributed by atoms with Crippen LogP contribution < -0.4 is 10.2 Å². The van der Waals surface area contributed by atoms with E-state index in [0.717, 1.165) is 37.1 Å². The Bertz CT molecular complexity index is 919. The molecule has 4 nitrogen and oxygen atoms in total. The molecule has 0 saturated carbocycles. The molecular formula is C23H25N3O.